The van der Waals surface area contributed by atoms with Gasteiger partial charge in [0.2, 0.25) is 0 Å². The third kappa shape index (κ3) is 3.29. The van der Waals surface area contributed by atoms with Gasteiger partial charge in [0.05, 0.1) is 6.20 Å². The minimum absolute atomic E-state index is 0.990. The fourth-order valence-electron chi connectivity index (χ4n) is 1.32. The third-order valence-electron chi connectivity index (χ3n) is 2.22. The predicted octanol–water partition coefficient (Wildman–Crippen LogP) is 2.95. The van der Waals surface area contributed by atoms with Crippen molar-refractivity contribution < 1.29 is 4.42 Å². The van der Waals surface area contributed by atoms with Crippen LogP contribution in [0.3, 0.4) is 0 Å². The Balaban J connectivity index is 2.51. The topological polar surface area (TPSA) is 26.0 Å². The molecule has 1 heterocycles. The summed E-state index contributed by atoms with van der Waals surface area (Å²) in [5.74, 6) is 1.07. The van der Waals surface area contributed by atoms with Crippen molar-refractivity contribution in [3.63, 3.8) is 0 Å². The Morgan fingerprint density at radius 3 is 2.50 bits per heavy atom. The van der Waals surface area contributed by atoms with Crippen molar-refractivity contribution in [2.24, 2.45) is 0 Å². The van der Waals surface area contributed by atoms with Gasteiger partial charge < -0.3 is 4.42 Å². The minimum Gasteiger partial charge on any atom is -0.451 e. The van der Waals surface area contributed by atoms with E-state index in [1.54, 1.807) is 0 Å². The van der Waals surface area contributed by atoms with Crippen molar-refractivity contribution in [2.75, 3.05) is 0 Å². The first-order chi connectivity index (χ1) is 6.54. The van der Waals surface area contributed by atoms with Crippen molar-refractivity contribution in [1.29, 1.82) is 0 Å². The molecule has 1 rings (SSSR count). The van der Waals surface area contributed by atoms with E-state index in [4.69, 9.17) is 4.42 Å². The van der Waals surface area contributed by atoms with Crippen molar-refractivity contribution in [3.05, 3.63) is 12.0 Å². The monoisotopic (exact) mass is 211 g/mol. The molecule has 0 unspecified atom stereocenters. The maximum absolute atomic E-state index is 5.75. The number of aryl methyl sites for hydroxylation is 1. The highest BCUT2D eigenvalue weighted by Crippen LogP contribution is 2.07. The molecule has 0 saturated heterocycles. The van der Waals surface area contributed by atoms with Gasteiger partial charge in [-0.2, -0.15) is 0 Å². The van der Waals surface area contributed by atoms with Crippen LogP contribution in [-0.4, -0.2) is 13.1 Å². The van der Waals surface area contributed by atoms with Crippen LogP contribution >= 0.6 is 0 Å². The first-order valence-electron chi connectivity index (χ1n) is 5.49. The van der Waals surface area contributed by atoms with Crippen molar-refractivity contribution in [3.8, 4) is 0 Å². The molecular formula is C11H21NOSi. The van der Waals surface area contributed by atoms with Gasteiger partial charge in [0.15, 0.2) is 5.51 Å². The highest BCUT2D eigenvalue weighted by atomic mass is 28.3. The van der Waals surface area contributed by atoms with Crippen LogP contribution in [0.2, 0.25) is 19.6 Å². The number of unbranched alkanes of at least 4 members (excludes halogenated alkanes) is 2. The van der Waals surface area contributed by atoms with E-state index in [0.29, 0.717) is 0 Å². The lowest BCUT2D eigenvalue weighted by atomic mass is 10.2. The minimum atomic E-state index is -1.34. The molecule has 0 saturated carbocycles. The van der Waals surface area contributed by atoms with E-state index in [-0.39, 0.29) is 0 Å². The second-order valence-corrected chi connectivity index (χ2v) is 9.77. The van der Waals surface area contributed by atoms with Gasteiger partial charge in [0.1, 0.15) is 13.8 Å². The molecule has 0 atom stereocenters. The van der Waals surface area contributed by atoms with Crippen LogP contribution in [0.5, 0.6) is 0 Å². The molecule has 1 aromatic heterocycles. The SMILES string of the molecule is CCCCCc1cnc([Si](C)(C)C)o1. The zero-order valence-corrected chi connectivity index (χ0v) is 10.8. The number of oxazole rings is 1. The standard InChI is InChI=1S/C11H21NOSi/c1-5-6-7-8-10-9-12-11(13-10)14(2,3)4/h9H,5-8H2,1-4H3. The van der Waals surface area contributed by atoms with Crippen LogP contribution in [0.25, 0.3) is 0 Å². The number of hydrogen-bond acceptors (Lipinski definition) is 2. The van der Waals surface area contributed by atoms with E-state index < -0.39 is 8.07 Å². The first kappa shape index (κ1) is 11.5. The maximum atomic E-state index is 5.75. The fourth-order valence-corrected chi connectivity index (χ4v) is 2.21. The van der Waals surface area contributed by atoms with Crippen molar-refractivity contribution in [1.82, 2.24) is 4.98 Å². The summed E-state index contributed by atoms with van der Waals surface area (Å²) in [5.41, 5.74) is 0.990. The Kier molecular flexibility index (Phi) is 3.93. The molecule has 1 aromatic rings. The smallest absolute Gasteiger partial charge is 0.165 e. The Bertz CT molecular complexity index is 275. The average molecular weight is 211 g/mol. The molecule has 14 heavy (non-hydrogen) atoms. The van der Waals surface area contributed by atoms with Crippen molar-refractivity contribution in [2.45, 2.75) is 52.2 Å². The molecule has 0 aromatic carbocycles. The van der Waals surface area contributed by atoms with Gasteiger partial charge in [-0.25, -0.2) is 4.98 Å². The molecule has 0 N–H and O–H groups in total. The summed E-state index contributed by atoms with van der Waals surface area (Å²) in [7, 11) is -1.34. The molecule has 2 nitrogen and oxygen atoms in total. The molecule has 0 aliphatic rings. The van der Waals surface area contributed by atoms with E-state index >= 15 is 0 Å². The second kappa shape index (κ2) is 4.78. The van der Waals surface area contributed by atoms with Gasteiger partial charge in [-0.3, -0.25) is 0 Å². The molecule has 3 heteroatoms. The number of aromatic nitrogens is 1. The summed E-state index contributed by atoms with van der Waals surface area (Å²) in [6, 6.07) is 0. The van der Waals surface area contributed by atoms with Gasteiger partial charge in [0.25, 0.3) is 0 Å². The summed E-state index contributed by atoms with van der Waals surface area (Å²) in [6.45, 7) is 8.99. The Morgan fingerprint density at radius 2 is 2.00 bits per heavy atom. The van der Waals surface area contributed by atoms with Crippen LogP contribution in [0.15, 0.2) is 10.6 Å². The fraction of sp³-hybridized carbons (Fsp3) is 0.727. The molecular weight excluding hydrogens is 190 g/mol. The quantitative estimate of drug-likeness (QED) is 0.553. The first-order valence-corrected chi connectivity index (χ1v) is 8.99. The zero-order valence-electron chi connectivity index (χ0n) is 9.76. The van der Waals surface area contributed by atoms with Crippen LogP contribution in [-0.2, 0) is 6.42 Å². The van der Waals surface area contributed by atoms with Crippen molar-refractivity contribution >= 4 is 13.6 Å². The largest absolute Gasteiger partial charge is 0.451 e. The van der Waals surface area contributed by atoms with Gasteiger partial charge >= 0.3 is 0 Å². The predicted molar refractivity (Wildman–Crippen MR) is 62.7 cm³/mol. The highest BCUT2D eigenvalue weighted by Gasteiger charge is 2.22. The van der Waals surface area contributed by atoms with Crippen LogP contribution < -0.4 is 5.51 Å². The van der Waals surface area contributed by atoms with E-state index in [1.807, 2.05) is 6.20 Å². The number of hydrogen-bond donors (Lipinski definition) is 0. The molecule has 0 radical (unpaired) electrons. The summed E-state index contributed by atoms with van der Waals surface area (Å²) >= 11 is 0. The van der Waals surface area contributed by atoms with Crippen LogP contribution in [0.4, 0.5) is 0 Å². The molecule has 0 amide bonds. The van der Waals surface area contributed by atoms with Crippen LogP contribution in [0.1, 0.15) is 31.9 Å². The molecule has 0 aliphatic carbocycles. The van der Waals surface area contributed by atoms with E-state index in [0.717, 1.165) is 17.7 Å². The van der Waals surface area contributed by atoms with Crippen LogP contribution in [0, 0.1) is 0 Å². The normalized spacial score (nSPS) is 12.0. The summed E-state index contributed by atoms with van der Waals surface area (Å²) < 4.78 is 5.75. The van der Waals surface area contributed by atoms with Gasteiger partial charge in [-0.05, 0) is 6.42 Å². The van der Waals surface area contributed by atoms with E-state index in [9.17, 15) is 0 Å². The summed E-state index contributed by atoms with van der Waals surface area (Å²) in [6.07, 6.45) is 6.71. The summed E-state index contributed by atoms with van der Waals surface area (Å²) in [5, 5.41) is 0. The molecule has 0 aliphatic heterocycles. The Labute approximate surface area is 87.7 Å². The Hall–Kier alpha value is -0.573. The molecule has 0 spiro atoms. The Morgan fingerprint density at radius 1 is 1.29 bits per heavy atom. The lowest BCUT2D eigenvalue weighted by molar-refractivity contribution is 0.516. The highest BCUT2D eigenvalue weighted by molar-refractivity contribution is 6.87. The van der Waals surface area contributed by atoms with E-state index in [2.05, 4.69) is 31.5 Å². The molecule has 0 bridgehead atoms. The molecule has 80 valence electrons. The zero-order chi connectivity index (χ0) is 10.6. The molecule has 0 fully saturated rings. The average Bonchev–Trinajstić information content (AvgIpc) is 2.52. The second-order valence-electron chi connectivity index (χ2n) is 4.84. The van der Waals surface area contributed by atoms with E-state index in [1.165, 1.54) is 19.3 Å². The maximum Gasteiger partial charge on any atom is 0.165 e. The lowest BCUT2D eigenvalue weighted by Gasteiger charge is -2.09. The van der Waals surface area contributed by atoms with Gasteiger partial charge in [-0.15, -0.1) is 0 Å². The van der Waals surface area contributed by atoms with Gasteiger partial charge in [-0.1, -0.05) is 39.4 Å². The summed E-state index contributed by atoms with van der Waals surface area (Å²) in [4.78, 5) is 4.36. The van der Waals surface area contributed by atoms with Gasteiger partial charge in [0, 0.05) is 6.42 Å². The third-order valence-corrected chi connectivity index (χ3v) is 3.74. The lowest BCUT2D eigenvalue weighted by Crippen LogP contribution is -2.38. The number of nitrogens with zero attached hydrogens (tertiary/aromatic N) is 1. The number of rotatable bonds is 5.